The number of rotatable bonds is 8. The van der Waals surface area contributed by atoms with Crippen molar-refractivity contribution in [1.29, 1.82) is 10.8 Å². The lowest BCUT2D eigenvalue weighted by molar-refractivity contribution is 0.259. The van der Waals surface area contributed by atoms with Gasteiger partial charge in [0.2, 0.25) is 10.0 Å². The van der Waals surface area contributed by atoms with Gasteiger partial charge in [-0.25, -0.2) is 8.42 Å². The molecule has 3 aromatic rings. The van der Waals surface area contributed by atoms with E-state index in [9.17, 15) is 8.42 Å². The standard InChI is InChI=1S/C29H35N5O3S/c1-3-38(35,36)34-27-11-10-26(37-14-12-25-5-4-13-33(25)19(2)30)17-24(27)18-28(34)21-8-6-20-7-9-22(29(31)32)16-23(20)15-21/h6-11,15-17,25,28,30H,3-5,12-14,18H2,1-2H3,(H3,31,32). The summed E-state index contributed by atoms with van der Waals surface area (Å²) in [4.78, 5) is 2.15. The zero-order valence-electron chi connectivity index (χ0n) is 21.9. The van der Waals surface area contributed by atoms with Crippen LogP contribution in [0.15, 0.2) is 54.6 Å². The molecule has 5 rings (SSSR count). The first kappa shape index (κ1) is 26.0. The van der Waals surface area contributed by atoms with Crippen LogP contribution in [-0.4, -0.2) is 49.9 Å². The summed E-state index contributed by atoms with van der Waals surface area (Å²) < 4.78 is 34.2. The molecule has 0 spiro atoms. The number of amidine groups is 2. The van der Waals surface area contributed by atoms with Crippen LogP contribution in [0.25, 0.3) is 10.8 Å². The molecule has 4 N–H and O–H groups in total. The van der Waals surface area contributed by atoms with Crippen molar-refractivity contribution in [3.05, 3.63) is 71.3 Å². The molecule has 38 heavy (non-hydrogen) atoms. The van der Waals surface area contributed by atoms with Gasteiger partial charge in [-0.1, -0.05) is 24.3 Å². The quantitative estimate of drug-likeness (QED) is 0.283. The Hall–Kier alpha value is -3.59. The highest BCUT2D eigenvalue weighted by Gasteiger charge is 2.38. The zero-order valence-corrected chi connectivity index (χ0v) is 22.7. The number of likely N-dealkylation sites (tertiary alicyclic amines) is 1. The van der Waals surface area contributed by atoms with E-state index in [1.807, 2.05) is 61.5 Å². The van der Waals surface area contributed by atoms with E-state index in [4.69, 9.17) is 21.3 Å². The van der Waals surface area contributed by atoms with Gasteiger partial charge >= 0.3 is 0 Å². The number of benzene rings is 3. The molecule has 3 aromatic carbocycles. The summed E-state index contributed by atoms with van der Waals surface area (Å²) in [5, 5.41) is 17.7. The maximum Gasteiger partial charge on any atom is 0.235 e. The molecule has 9 heteroatoms. The molecule has 0 aliphatic carbocycles. The molecule has 2 heterocycles. The zero-order chi connectivity index (χ0) is 27.0. The lowest BCUT2D eigenvalue weighted by Crippen LogP contribution is -2.34. The largest absolute Gasteiger partial charge is 0.494 e. The molecule has 1 fully saturated rings. The number of anilines is 1. The summed E-state index contributed by atoms with van der Waals surface area (Å²) in [5.74, 6) is 1.36. The molecular formula is C29H35N5O3S. The van der Waals surface area contributed by atoms with Gasteiger partial charge in [0.25, 0.3) is 0 Å². The molecule has 0 aromatic heterocycles. The Morgan fingerprint density at radius 3 is 2.61 bits per heavy atom. The van der Waals surface area contributed by atoms with Gasteiger partial charge in [-0.05, 0) is 78.9 Å². The number of fused-ring (bicyclic) bond motifs is 2. The first-order valence-corrected chi connectivity index (χ1v) is 14.8. The van der Waals surface area contributed by atoms with Crippen LogP contribution in [-0.2, 0) is 16.4 Å². The lowest BCUT2D eigenvalue weighted by atomic mass is 9.98. The van der Waals surface area contributed by atoms with E-state index >= 15 is 0 Å². The first-order valence-electron chi connectivity index (χ1n) is 13.2. The summed E-state index contributed by atoms with van der Waals surface area (Å²) in [6.45, 7) is 5.00. The Morgan fingerprint density at radius 2 is 1.87 bits per heavy atom. The van der Waals surface area contributed by atoms with Crippen LogP contribution < -0.4 is 14.8 Å². The molecule has 0 amide bonds. The van der Waals surface area contributed by atoms with Crippen LogP contribution in [0, 0.1) is 10.8 Å². The first-order chi connectivity index (χ1) is 18.2. The second-order valence-electron chi connectivity index (χ2n) is 10.2. The highest BCUT2D eigenvalue weighted by molar-refractivity contribution is 7.92. The van der Waals surface area contributed by atoms with Crippen molar-refractivity contribution in [2.24, 2.45) is 5.73 Å². The second-order valence-corrected chi connectivity index (χ2v) is 12.3. The van der Waals surface area contributed by atoms with Crippen molar-refractivity contribution in [1.82, 2.24) is 4.90 Å². The maximum atomic E-state index is 13.3. The fourth-order valence-corrected chi connectivity index (χ4v) is 7.10. The molecule has 0 saturated carbocycles. The van der Waals surface area contributed by atoms with Gasteiger partial charge in [0.1, 0.15) is 11.6 Å². The van der Waals surface area contributed by atoms with Crippen molar-refractivity contribution in [3.8, 4) is 5.75 Å². The Balaban J connectivity index is 1.40. The van der Waals surface area contributed by atoms with Crippen molar-refractivity contribution in [3.63, 3.8) is 0 Å². The van der Waals surface area contributed by atoms with Gasteiger partial charge < -0.3 is 15.4 Å². The number of nitrogens with zero attached hydrogens (tertiary/aromatic N) is 2. The Kier molecular flexibility index (Phi) is 7.05. The average Bonchev–Trinajstić information content (AvgIpc) is 3.53. The monoisotopic (exact) mass is 533 g/mol. The molecule has 0 radical (unpaired) electrons. The predicted octanol–water partition coefficient (Wildman–Crippen LogP) is 4.81. The number of nitrogens with two attached hydrogens (primary N) is 1. The molecule has 0 bridgehead atoms. The number of nitrogen functional groups attached to an aromatic ring is 1. The Bertz CT molecular complexity index is 1500. The van der Waals surface area contributed by atoms with E-state index in [1.54, 1.807) is 11.2 Å². The Labute approximate surface area is 224 Å². The predicted molar refractivity (Wildman–Crippen MR) is 153 cm³/mol. The van der Waals surface area contributed by atoms with Gasteiger partial charge in [0.05, 0.1) is 29.9 Å². The third-order valence-electron chi connectivity index (χ3n) is 7.74. The number of sulfonamides is 1. The maximum absolute atomic E-state index is 13.3. The van der Waals surface area contributed by atoms with Crippen molar-refractivity contribution in [2.75, 3.05) is 23.2 Å². The second kappa shape index (κ2) is 10.3. The van der Waals surface area contributed by atoms with Gasteiger partial charge in [0, 0.05) is 31.0 Å². The minimum atomic E-state index is -3.53. The fourth-order valence-electron chi connectivity index (χ4n) is 5.76. The van der Waals surface area contributed by atoms with E-state index in [1.165, 1.54) is 0 Å². The van der Waals surface area contributed by atoms with E-state index in [-0.39, 0.29) is 17.6 Å². The topological polar surface area (TPSA) is 124 Å². The van der Waals surface area contributed by atoms with Gasteiger partial charge in [0.15, 0.2) is 0 Å². The fraction of sp³-hybridized carbons (Fsp3) is 0.379. The molecule has 200 valence electrons. The smallest absolute Gasteiger partial charge is 0.235 e. The van der Waals surface area contributed by atoms with Crippen molar-refractivity contribution >= 4 is 38.2 Å². The minimum absolute atomic E-state index is 0.00175. The van der Waals surface area contributed by atoms with Gasteiger partial charge in [-0.3, -0.25) is 15.1 Å². The van der Waals surface area contributed by atoms with Crippen LogP contribution in [0.4, 0.5) is 5.69 Å². The van der Waals surface area contributed by atoms with Crippen LogP contribution in [0.5, 0.6) is 5.75 Å². The normalized spacial score (nSPS) is 19.1. The summed E-state index contributed by atoms with van der Waals surface area (Å²) in [6, 6.07) is 17.3. The third-order valence-corrected chi connectivity index (χ3v) is 9.52. The number of hydrogen-bond donors (Lipinski definition) is 3. The molecule has 2 aliphatic heterocycles. The van der Waals surface area contributed by atoms with Gasteiger partial charge in [-0.15, -0.1) is 0 Å². The van der Waals surface area contributed by atoms with E-state index in [0.29, 0.717) is 36.2 Å². The van der Waals surface area contributed by atoms with Crippen molar-refractivity contribution < 1.29 is 13.2 Å². The summed E-state index contributed by atoms with van der Waals surface area (Å²) in [7, 11) is -3.53. The van der Waals surface area contributed by atoms with Crippen LogP contribution >= 0.6 is 0 Å². The molecule has 1 saturated heterocycles. The van der Waals surface area contributed by atoms with E-state index in [2.05, 4.69) is 4.90 Å². The van der Waals surface area contributed by atoms with Crippen LogP contribution in [0.1, 0.15) is 55.8 Å². The van der Waals surface area contributed by atoms with E-state index in [0.717, 1.165) is 53.5 Å². The highest BCUT2D eigenvalue weighted by atomic mass is 32.2. The third kappa shape index (κ3) is 4.95. The van der Waals surface area contributed by atoms with E-state index < -0.39 is 10.0 Å². The minimum Gasteiger partial charge on any atom is -0.494 e. The van der Waals surface area contributed by atoms with Crippen LogP contribution in [0.2, 0.25) is 0 Å². The Morgan fingerprint density at radius 1 is 1.08 bits per heavy atom. The van der Waals surface area contributed by atoms with Gasteiger partial charge in [-0.2, -0.15) is 0 Å². The highest BCUT2D eigenvalue weighted by Crippen LogP contribution is 2.44. The molecule has 8 nitrogen and oxygen atoms in total. The molecule has 2 unspecified atom stereocenters. The molecular weight excluding hydrogens is 498 g/mol. The summed E-state index contributed by atoms with van der Waals surface area (Å²) >= 11 is 0. The SMILES string of the molecule is CCS(=O)(=O)N1c2ccc(OCCC3CCCN3C(C)=N)cc2CC1c1ccc2ccc(C(=N)N)cc2c1. The number of ether oxygens (including phenoxy) is 1. The molecule has 2 atom stereocenters. The number of nitrogens with one attached hydrogen (secondary N) is 2. The van der Waals surface area contributed by atoms with Crippen LogP contribution in [0.3, 0.4) is 0 Å². The summed E-state index contributed by atoms with van der Waals surface area (Å²) in [5.41, 5.74) is 8.88. The van der Waals surface area contributed by atoms with Crippen molar-refractivity contribution in [2.45, 2.75) is 51.6 Å². The number of hydrogen-bond acceptors (Lipinski definition) is 5. The lowest BCUT2D eigenvalue weighted by Gasteiger charge is -2.27. The summed E-state index contributed by atoms with van der Waals surface area (Å²) in [6.07, 6.45) is 3.58. The average molecular weight is 534 g/mol. The molecule has 2 aliphatic rings.